The predicted molar refractivity (Wildman–Crippen MR) is 90.6 cm³/mol. The van der Waals surface area contributed by atoms with E-state index >= 15 is 0 Å². The first-order valence-corrected chi connectivity index (χ1v) is 8.56. The topological polar surface area (TPSA) is 81.2 Å². The van der Waals surface area contributed by atoms with Crippen LogP contribution in [0.2, 0.25) is 0 Å². The molecule has 0 radical (unpaired) electrons. The van der Waals surface area contributed by atoms with Crippen LogP contribution in [-0.2, 0) is 16.6 Å². The Balaban J connectivity index is 1.92. The van der Waals surface area contributed by atoms with E-state index in [1.807, 2.05) is 28.9 Å². The van der Waals surface area contributed by atoms with Crippen LogP contribution in [0.5, 0.6) is 0 Å². The minimum Gasteiger partial charge on any atom is -0.382 e. The molecule has 0 amide bonds. The summed E-state index contributed by atoms with van der Waals surface area (Å²) in [5, 5.41) is 5.27. The summed E-state index contributed by atoms with van der Waals surface area (Å²) in [6.45, 7) is 0.528. The smallest absolute Gasteiger partial charge is 0.242 e. The number of nitrogens with two attached hydrogens (primary N) is 1. The van der Waals surface area contributed by atoms with Gasteiger partial charge in [0.05, 0.1) is 17.0 Å². The van der Waals surface area contributed by atoms with E-state index in [0.29, 0.717) is 12.4 Å². The Morgan fingerprint density at radius 1 is 1.09 bits per heavy atom. The van der Waals surface area contributed by atoms with E-state index in [-0.39, 0.29) is 4.90 Å². The van der Waals surface area contributed by atoms with Crippen molar-refractivity contribution in [1.82, 2.24) is 14.1 Å². The fourth-order valence-corrected chi connectivity index (χ4v) is 3.33. The fraction of sp³-hybridized carbons (Fsp3) is 0.188. The van der Waals surface area contributed by atoms with Gasteiger partial charge >= 0.3 is 0 Å². The lowest BCUT2D eigenvalue weighted by atomic mass is 10.2. The van der Waals surface area contributed by atoms with Crippen LogP contribution in [0.4, 0.5) is 5.82 Å². The van der Waals surface area contributed by atoms with Gasteiger partial charge in [0, 0.05) is 19.5 Å². The lowest BCUT2D eigenvalue weighted by molar-refractivity contribution is 0.520. The second-order valence-electron chi connectivity index (χ2n) is 5.49. The number of aromatic nitrogens is 2. The molecule has 3 aromatic rings. The molecule has 0 bridgehead atoms. The Morgan fingerprint density at radius 3 is 2.39 bits per heavy atom. The number of anilines is 1. The average Bonchev–Trinajstić information content (AvgIpc) is 2.84. The van der Waals surface area contributed by atoms with Crippen LogP contribution in [-0.4, -0.2) is 36.6 Å². The minimum absolute atomic E-state index is 0.274. The molecule has 2 N–H and O–H groups in total. The molecule has 2 aromatic carbocycles. The highest BCUT2D eigenvalue weighted by atomic mass is 32.2. The van der Waals surface area contributed by atoms with E-state index in [1.54, 1.807) is 24.3 Å². The second kappa shape index (κ2) is 5.68. The third-order valence-corrected chi connectivity index (χ3v) is 5.55. The molecule has 120 valence electrons. The maximum Gasteiger partial charge on any atom is 0.242 e. The molecule has 3 rings (SSSR count). The molecule has 0 aliphatic rings. The van der Waals surface area contributed by atoms with Crippen molar-refractivity contribution >= 4 is 26.7 Å². The van der Waals surface area contributed by atoms with Gasteiger partial charge in [0.15, 0.2) is 5.82 Å². The number of hydrogen-bond acceptors (Lipinski definition) is 4. The Morgan fingerprint density at radius 2 is 1.74 bits per heavy atom. The van der Waals surface area contributed by atoms with E-state index in [2.05, 4.69) is 5.10 Å². The molecule has 0 aliphatic heterocycles. The Bertz CT molecular complexity index is 944. The average molecular weight is 330 g/mol. The van der Waals surface area contributed by atoms with Gasteiger partial charge in [-0.25, -0.2) is 12.7 Å². The van der Waals surface area contributed by atoms with E-state index < -0.39 is 10.0 Å². The first-order chi connectivity index (χ1) is 10.9. The van der Waals surface area contributed by atoms with Gasteiger partial charge < -0.3 is 5.73 Å². The number of rotatable bonds is 4. The molecule has 0 unspecified atom stereocenters. The van der Waals surface area contributed by atoms with Crippen molar-refractivity contribution < 1.29 is 8.42 Å². The lowest BCUT2D eigenvalue weighted by Gasteiger charge is -2.11. The monoisotopic (exact) mass is 330 g/mol. The minimum atomic E-state index is -3.41. The number of benzene rings is 2. The van der Waals surface area contributed by atoms with Gasteiger partial charge in [0.1, 0.15) is 0 Å². The molecule has 0 spiro atoms. The lowest BCUT2D eigenvalue weighted by Crippen LogP contribution is -2.22. The van der Waals surface area contributed by atoms with Crippen molar-refractivity contribution in [2.75, 3.05) is 19.8 Å². The highest BCUT2D eigenvalue weighted by molar-refractivity contribution is 7.89. The van der Waals surface area contributed by atoms with Crippen molar-refractivity contribution in [3.8, 4) is 0 Å². The quantitative estimate of drug-likeness (QED) is 0.792. The normalized spacial score (nSPS) is 12.1. The van der Waals surface area contributed by atoms with E-state index in [1.165, 1.54) is 18.4 Å². The number of sulfonamides is 1. The number of hydrogen-bond donors (Lipinski definition) is 1. The molecule has 1 heterocycles. The largest absolute Gasteiger partial charge is 0.382 e. The van der Waals surface area contributed by atoms with E-state index in [9.17, 15) is 8.42 Å². The number of para-hydroxylation sites is 1. The third kappa shape index (κ3) is 2.80. The van der Waals surface area contributed by atoms with Crippen LogP contribution >= 0.6 is 0 Å². The van der Waals surface area contributed by atoms with Crippen LogP contribution in [0, 0.1) is 0 Å². The Kier molecular flexibility index (Phi) is 3.83. The third-order valence-electron chi connectivity index (χ3n) is 3.72. The molecular formula is C16H18N4O2S. The molecule has 0 aliphatic carbocycles. The van der Waals surface area contributed by atoms with E-state index in [4.69, 9.17) is 5.73 Å². The van der Waals surface area contributed by atoms with Gasteiger partial charge in [-0.15, -0.1) is 0 Å². The molecule has 23 heavy (non-hydrogen) atoms. The zero-order valence-corrected chi connectivity index (χ0v) is 13.8. The standard InChI is InChI=1S/C16H18N4O2S/c1-19(2)23(21,22)13-9-7-12(8-10-13)11-20-15-6-4-3-5-14(15)16(17)18-20/h3-10H,11H2,1-2H3,(H2,17,18). The maximum atomic E-state index is 12.1. The summed E-state index contributed by atoms with van der Waals surface area (Å²) in [4.78, 5) is 0.274. The summed E-state index contributed by atoms with van der Waals surface area (Å²) in [6, 6.07) is 14.6. The summed E-state index contributed by atoms with van der Waals surface area (Å²) in [5.74, 6) is 0.493. The SMILES string of the molecule is CN(C)S(=O)(=O)c1ccc(Cn2nc(N)c3ccccc32)cc1. The second-order valence-corrected chi connectivity index (χ2v) is 7.64. The van der Waals surface area contributed by atoms with Crippen molar-refractivity contribution in [2.24, 2.45) is 0 Å². The first kappa shape index (κ1) is 15.5. The summed E-state index contributed by atoms with van der Waals surface area (Å²) in [7, 11) is -0.375. The summed E-state index contributed by atoms with van der Waals surface area (Å²) in [5.41, 5.74) is 7.84. The van der Waals surface area contributed by atoms with Crippen LogP contribution in [0.25, 0.3) is 10.9 Å². The highest BCUT2D eigenvalue weighted by Crippen LogP contribution is 2.21. The van der Waals surface area contributed by atoms with Gasteiger partial charge in [-0.05, 0) is 29.8 Å². The van der Waals surface area contributed by atoms with Gasteiger partial charge in [-0.3, -0.25) is 4.68 Å². The number of fused-ring (bicyclic) bond motifs is 1. The van der Waals surface area contributed by atoms with Gasteiger partial charge in [-0.2, -0.15) is 5.10 Å². The van der Waals surface area contributed by atoms with Crippen LogP contribution in [0.1, 0.15) is 5.56 Å². The molecule has 6 nitrogen and oxygen atoms in total. The Labute approximate surface area is 135 Å². The Hall–Kier alpha value is -2.38. The van der Waals surface area contributed by atoms with Crippen molar-refractivity contribution in [3.05, 3.63) is 54.1 Å². The van der Waals surface area contributed by atoms with Crippen molar-refractivity contribution in [1.29, 1.82) is 0 Å². The van der Waals surface area contributed by atoms with Crippen molar-refractivity contribution in [2.45, 2.75) is 11.4 Å². The van der Waals surface area contributed by atoms with Crippen LogP contribution < -0.4 is 5.73 Å². The zero-order chi connectivity index (χ0) is 16.6. The number of nitrogen functional groups attached to an aromatic ring is 1. The van der Waals surface area contributed by atoms with E-state index in [0.717, 1.165) is 16.5 Å². The summed E-state index contributed by atoms with van der Waals surface area (Å²) in [6.07, 6.45) is 0. The summed E-state index contributed by atoms with van der Waals surface area (Å²) >= 11 is 0. The molecule has 0 saturated carbocycles. The van der Waals surface area contributed by atoms with Gasteiger partial charge in [-0.1, -0.05) is 24.3 Å². The van der Waals surface area contributed by atoms with Crippen LogP contribution in [0.15, 0.2) is 53.4 Å². The maximum absolute atomic E-state index is 12.1. The van der Waals surface area contributed by atoms with Gasteiger partial charge in [0.2, 0.25) is 10.0 Å². The fourth-order valence-electron chi connectivity index (χ4n) is 2.42. The molecular weight excluding hydrogens is 312 g/mol. The van der Waals surface area contributed by atoms with Crippen LogP contribution in [0.3, 0.4) is 0 Å². The summed E-state index contributed by atoms with van der Waals surface area (Å²) < 4.78 is 27.2. The zero-order valence-electron chi connectivity index (χ0n) is 13.0. The molecule has 0 saturated heterocycles. The molecule has 7 heteroatoms. The first-order valence-electron chi connectivity index (χ1n) is 7.12. The van der Waals surface area contributed by atoms with Crippen molar-refractivity contribution in [3.63, 3.8) is 0 Å². The predicted octanol–water partition coefficient (Wildman–Crippen LogP) is 1.92. The highest BCUT2D eigenvalue weighted by Gasteiger charge is 2.16. The van der Waals surface area contributed by atoms with Gasteiger partial charge in [0.25, 0.3) is 0 Å². The molecule has 0 fully saturated rings. The molecule has 1 aromatic heterocycles. The molecule has 0 atom stereocenters. The number of nitrogens with zero attached hydrogens (tertiary/aromatic N) is 3.